The van der Waals surface area contributed by atoms with Crippen LogP contribution in [0.25, 0.3) is 0 Å². The minimum absolute atomic E-state index is 0.00975. The first-order chi connectivity index (χ1) is 29.5. The lowest BCUT2D eigenvalue weighted by Gasteiger charge is -2.36. The number of methoxy groups -OCH3 is 8. The number of rotatable bonds is 23. The van der Waals surface area contributed by atoms with Crippen LogP contribution < -0.4 is 37.9 Å². The highest BCUT2D eigenvalue weighted by Gasteiger charge is 2.52. The van der Waals surface area contributed by atoms with Crippen molar-refractivity contribution in [3.05, 3.63) is 95.1 Å². The minimum atomic E-state index is -4.84. The summed E-state index contributed by atoms with van der Waals surface area (Å²) in [7, 11) is 6.14. The third kappa shape index (κ3) is 9.94. The van der Waals surface area contributed by atoms with E-state index in [4.69, 9.17) is 37.9 Å². The summed E-state index contributed by atoms with van der Waals surface area (Å²) in [6.07, 6.45) is -0.555. The highest BCUT2D eigenvalue weighted by Crippen LogP contribution is 2.58. The van der Waals surface area contributed by atoms with Gasteiger partial charge in [0.05, 0.1) is 62.3 Å². The second-order valence-electron chi connectivity index (χ2n) is 16.1. The van der Waals surface area contributed by atoms with Crippen LogP contribution in [0.5, 0.6) is 46.0 Å². The third-order valence-corrected chi connectivity index (χ3v) is 13.6. The lowest BCUT2D eigenvalue weighted by atomic mass is 9.65. The molecule has 13 nitrogen and oxygen atoms in total. The maximum absolute atomic E-state index is 15.9. The van der Waals surface area contributed by atoms with Crippen molar-refractivity contribution in [2.75, 3.05) is 63.0 Å². The number of hydrogen-bond donors (Lipinski definition) is 0. The van der Waals surface area contributed by atoms with E-state index in [9.17, 15) is 0 Å². The minimum Gasteiger partial charge on any atom is -0.496 e. The van der Waals surface area contributed by atoms with Gasteiger partial charge in [-0.05, 0) is 85.5 Å². The summed E-state index contributed by atoms with van der Waals surface area (Å²) in [5.74, 6) is -0.827. The van der Waals surface area contributed by atoms with E-state index >= 15 is 23.7 Å². The van der Waals surface area contributed by atoms with Crippen molar-refractivity contribution in [3.63, 3.8) is 0 Å². The van der Waals surface area contributed by atoms with Crippen LogP contribution in [0.2, 0.25) is 0 Å². The van der Waals surface area contributed by atoms with Gasteiger partial charge in [0.25, 0.3) is 0 Å². The van der Waals surface area contributed by atoms with Crippen molar-refractivity contribution in [3.8, 4) is 46.0 Å². The van der Waals surface area contributed by atoms with Gasteiger partial charge in [-0.15, -0.1) is 0 Å². The highest BCUT2D eigenvalue weighted by atomic mass is 31.2. The van der Waals surface area contributed by atoms with Gasteiger partial charge in [-0.2, -0.15) is 0 Å². The second kappa shape index (κ2) is 20.8. The number of carbonyl (C=O) groups is 4. The Morgan fingerprint density at radius 2 is 0.758 bits per heavy atom. The van der Waals surface area contributed by atoms with Crippen molar-refractivity contribution in [1.29, 1.82) is 0 Å². The summed E-state index contributed by atoms with van der Waals surface area (Å²) in [4.78, 5) is 61.7. The molecule has 1 unspecified atom stereocenters. The number of Topliss-reactive ketones (excluding diaryl/α,β-unsaturated/α-hetero) is 2. The molecule has 0 heterocycles. The molecular formula is C48H59O13P. The Bertz CT molecular complexity index is 2080. The molecule has 62 heavy (non-hydrogen) atoms. The molecule has 0 N–H and O–H groups in total. The van der Waals surface area contributed by atoms with Gasteiger partial charge in [-0.1, -0.05) is 52.0 Å². The van der Waals surface area contributed by atoms with E-state index in [0.29, 0.717) is 6.42 Å². The average Bonchev–Trinajstić information content (AvgIpc) is 3.27. The van der Waals surface area contributed by atoms with Gasteiger partial charge < -0.3 is 42.5 Å². The Morgan fingerprint density at radius 3 is 1.02 bits per heavy atom. The molecule has 334 valence electrons. The first kappa shape index (κ1) is 48.9. The summed E-state index contributed by atoms with van der Waals surface area (Å²) in [5, 5.41) is 0. The molecule has 4 aromatic rings. The summed E-state index contributed by atoms with van der Waals surface area (Å²) < 4.78 is 61.0. The largest absolute Gasteiger partial charge is 0.496 e. The molecule has 14 heteroatoms. The fourth-order valence-corrected chi connectivity index (χ4v) is 10.7. The van der Waals surface area contributed by atoms with Gasteiger partial charge in [-0.3, -0.25) is 19.2 Å². The molecule has 0 spiro atoms. The SMILES string of the molecule is COc1cccc(OC)c1C(=O)C(CCCP(=O)(C(=O)c1c(OC)cccc1OC)C(=O)c1c(OC)cccc1OC)(CC(C)CC(C)(C)C)C(=O)c1c(OC)cccc1OC. The molecular weight excluding hydrogens is 815 g/mol. The molecule has 0 fully saturated rings. The summed E-state index contributed by atoms with van der Waals surface area (Å²) in [6, 6.07) is 18.9. The molecule has 0 radical (unpaired) electrons. The van der Waals surface area contributed by atoms with Gasteiger partial charge in [0, 0.05) is 6.16 Å². The van der Waals surface area contributed by atoms with E-state index in [1.807, 2.05) is 6.92 Å². The predicted molar refractivity (Wildman–Crippen MR) is 237 cm³/mol. The quantitative estimate of drug-likeness (QED) is 0.0394. The van der Waals surface area contributed by atoms with E-state index in [0.717, 1.165) is 0 Å². The fourth-order valence-electron chi connectivity index (χ4n) is 8.34. The lowest BCUT2D eigenvalue weighted by Crippen LogP contribution is -2.42. The second-order valence-corrected chi connectivity index (χ2v) is 18.9. The summed E-state index contributed by atoms with van der Waals surface area (Å²) in [6.45, 7) is 8.15. The van der Waals surface area contributed by atoms with Gasteiger partial charge >= 0.3 is 0 Å². The van der Waals surface area contributed by atoms with Gasteiger partial charge in [0.15, 0.2) is 11.6 Å². The zero-order chi connectivity index (χ0) is 46.0. The van der Waals surface area contributed by atoms with Crippen molar-refractivity contribution in [2.45, 2.75) is 53.4 Å². The van der Waals surface area contributed by atoms with Crippen molar-refractivity contribution in [1.82, 2.24) is 0 Å². The van der Waals surface area contributed by atoms with Crippen LogP contribution in [0.15, 0.2) is 72.8 Å². The Labute approximate surface area is 364 Å². The smallest absolute Gasteiger partial charge is 0.236 e. The standard InChI is InChI=1S/C48H59O13P/c1-30(28-47(2,3)4)29-48(43(49)39-31(54-5)18-13-19-32(39)55-6,44(50)40-33(56-7)20-14-21-34(40)57-8)26-17-27-62(53,45(51)41-35(58-9)22-15-23-36(41)59-10)46(52)42-37(60-11)24-16-25-38(42)61-12/h13-16,18-25,30H,17,26-29H2,1-12H3. The van der Waals surface area contributed by atoms with Gasteiger partial charge in [0.2, 0.25) is 18.2 Å². The molecule has 0 aliphatic heterocycles. The summed E-state index contributed by atoms with van der Waals surface area (Å²) >= 11 is 0. The maximum Gasteiger partial charge on any atom is 0.236 e. The van der Waals surface area contributed by atoms with Crippen LogP contribution in [0, 0.1) is 16.7 Å². The molecule has 4 aromatic carbocycles. The Morgan fingerprint density at radius 1 is 0.484 bits per heavy atom. The monoisotopic (exact) mass is 874 g/mol. The van der Waals surface area contributed by atoms with Crippen LogP contribution in [0.1, 0.15) is 94.8 Å². The van der Waals surface area contributed by atoms with E-state index < -0.39 is 41.3 Å². The zero-order valence-corrected chi connectivity index (χ0v) is 38.7. The predicted octanol–water partition coefficient (Wildman–Crippen LogP) is 10.1. The Kier molecular flexibility index (Phi) is 16.4. The number of ketones is 2. The molecule has 1 atom stereocenters. The van der Waals surface area contributed by atoms with E-state index in [1.54, 1.807) is 48.5 Å². The topological polar surface area (TPSA) is 159 Å². The molecule has 0 bridgehead atoms. The number of benzene rings is 4. The summed E-state index contributed by atoms with van der Waals surface area (Å²) in [5.41, 5.74) is -4.70. The van der Waals surface area contributed by atoms with Crippen LogP contribution in [0.3, 0.4) is 0 Å². The number of ether oxygens (including phenoxy) is 8. The fraction of sp³-hybridized carbons (Fsp3) is 0.417. The van der Waals surface area contributed by atoms with Crippen molar-refractivity contribution >= 4 is 29.8 Å². The molecule has 4 rings (SSSR count). The molecule has 0 saturated carbocycles. The van der Waals surface area contributed by atoms with Crippen LogP contribution in [-0.2, 0) is 4.57 Å². The molecule has 0 aromatic heterocycles. The number of carbonyl (C=O) groups excluding carboxylic acids is 4. The molecule has 0 saturated heterocycles. The van der Waals surface area contributed by atoms with Crippen molar-refractivity contribution in [2.24, 2.45) is 16.7 Å². The van der Waals surface area contributed by atoms with Crippen LogP contribution >= 0.6 is 7.14 Å². The average molecular weight is 875 g/mol. The third-order valence-electron chi connectivity index (χ3n) is 10.9. The maximum atomic E-state index is 15.9. The first-order valence-electron chi connectivity index (χ1n) is 20.1. The number of hydrogen-bond acceptors (Lipinski definition) is 13. The van der Waals surface area contributed by atoms with Gasteiger partial charge in [-0.25, -0.2) is 0 Å². The lowest BCUT2D eigenvalue weighted by molar-refractivity contribution is 0.0576. The molecule has 0 aliphatic rings. The van der Waals surface area contributed by atoms with Gasteiger partial charge in [0.1, 0.15) is 68.2 Å². The Balaban J connectivity index is 2.08. The van der Waals surface area contributed by atoms with Crippen molar-refractivity contribution < 1.29 is 61.6 Å². The normalized spacial score (nSPS) is 12.1. The van der Waals surface area contributed by atoms with Crippen LogP contribution in [-0.4, -0.2) is 85.7 Å². The highest BCUT2D eigenvalue weighted by molar-refractivity contribution is 7.95. The first-order valence-corrected chi connectivity index (χ1v) is 22.0. The molecule has 0 aliphatic carbocycles. The van der Waals surface area contributed by atoms with Crippen LogP contribution in [0.4, 0.5) is 0 Å². The van der Waals surface area contributed by atoms with E-state index in [1.165, 1.54) is 81.1 Å². The zero-order valence-electron chi connectivity index (χ0n) is 37.8. The van der Waals surface area contributed by atoms with E-state index in [-0.39, 0.29) is 98.8 Å². The molecule has 0 amide bonds. The Hall–Kier alpha value is -5.81. The van der Waals surface area contributed by atoms with E-state index in [2.05, 4.69) is 20.8 Å².